The number of carbonyl (C=O) groups excluding carboxylic acids is 1. The zero-order valence-electron chi connectivity index (χ0n) is 10.9. The second-order valence-corrected chi connectivity index (χ2v) is 5.25. The Balaban J connectivity index is 1.88. The van der Waals surface area contributed by atoms with Crippen LogP contribution in [-0.2, 0) is 11.2 Å². The zero-order valence-corrected chi connectivity index (χ0v) is 10.9. The number of ketones is 1. The minimum absolute atomic E-state index is 0.288. The predicted octanol–water partition coefficient (Wildman–Crippen LogP) is 2.88. The van der Waals surface area contributed by atoms with Gasteiger partial charge in [-0.2, -0.15) is 0 Å². The summed E-state index contributed by atoms with van der Waals surface area (Å²) in [6, 6.07) is 8.52. The molecule has 3 heterocycles. The molecule has 0 N–H and O–H groups in total. The summed E-state index contributed by atoms with van der Waals surface area (Å²) < 4.78 is 0. The van der Waals surface area contributed by atoms with E-state index in [4.69, 9.17) is 0 Å². The number of fused-ring (bicyclic) bond motifs is 3. The van der Waals surface area contributed by atoms with Crippen LogP contribution in [0.15, 0.2) is 30.0 Å². The van der Waals surface area contributed by atoms with Crippen molar-refractivity contribution < 1.29 is 4.79 Å². The third-order valence-corrected chi connectivity index (χ3v) is 4.15. The maximum absolute atomic E-state index is 12.2. The Kier molecular flexibility index (Phi) is 2.94. The van der Waals surface area contributed by atoms with Gasteiger partial charge >= 0.3 is 0 Å². The quantitative estimate of drug-likeness (QED) is 0.742. The number of carbonyl (C=O) groups is 1. The fourth-order valence-electron chi connectivity index (χ4n) is 2.92. The molecule has 3 saturated heterocycles. The Hall–Kier alpha value is -1.57. The number of aryl methyl sites for hydroxylation is 1. The fraction of sp³-hybridized carbons (Fsp3) is 0.438. The number of benzene rings is 1. The summed E-state index contributed by atoms with van der Waals surface area (Å²) in [6.07, 6.45) is 5.22. The lowest BCUT2D eigenvalue weighted by atomic mass is 9.84. The van der Waals surface area contributed by atoms with Crippen LogP contribution >= 0.6 is 0 Å². The van der Waals surface area contributed by atoms with Crippen LogP contribution in [0.4, 0.5) is 0 Å². The number of piperidine rings is 3. The van der Waals surface area contributed by atoms with Gasteiger partial charge in [0.1, 0.15) is 0 Å². The maximum atomic E-state index is 12.2. The number of hydrogen-bond acceptors (Lipinski definition) is 2. The second-order valence-electron chi connectivity index (χ2n) is 5.25. The first-order valence-corrected chi connectivity index (χ1v) is 6.87. The van der Waals surface area contributed by atoms with Crippen molar-refractivity contribution in [3.05, 3.63) is 41.1 Å². The Morgan fingerprint density at radius 1 is 1.22 bits per heavy atom. The van der Waals surface area contributed by atoms with Crippen LogP contribution in [-0.4, -0.2) is 23.8 Å². The van der Waals surface area contributed by atoms with E-state index in [1.807, 2.05) is 0 Å². The molecule has 0 aliphatic carbocycles. The molecule has 1 aromatic carbocycles. The van der Waals surface area contributed by atoms with E-state index in [0.29, 0.717) is 5.78 Å². The summed E-state index contributed by atoms with van der Waals surface area (Å²) in [6.45, 7) is 4.26. The Bertz CT molecular complexity index is 478. The number of nitrogens with zero attached hydrogens (tertiary/aromatic N) is 1. The van der Waals surface area contributed by atoms with Gasteiger partial charge in [0.2, 0.25) is 0 Å². The SMILES string of the molecule is CCc1ccc(/C=C2/C(=O)C3CCN2CC3)cc1. The number of hydrogen-bond donors (Lipinski definition) is 0. The van der Waals surface area contributed by atoms with Crippen molar-refractivity contribution in [2.75, 3.05) is 13.1 Å². The molecule has 3 aliphatic heterocycles. The van der Waals surface area contributed by atoms with Crippen LogP contribution in [0.5, 0.6) is 0 Å². The normalized spacial score (nSPS) is 21.9. The van der Waals surface area contributed by atoms with E-state index in [9.17, 15) is 4.79 Å². The molecule has 0 amide bonds. The molecule has 2 nitrogen and oxygen atoms in total. The van der Waals surface area contributed by atoms with Crippen LogP contribution < -0.4 is 0 Å². The summed E-state index contributed by atoms with van der Waals surface area (Å²) in [5.74, 6) is 0.642. The van der Waals surface area contributed by atoms with Crippen molar-refractivity contribution in [2.24, 2.45) is 5.92 Å². The molecule has 0 aromatic heterocycles. The highest BCUT2D eigenvalue weighted by molar-refractivity contribution is 6.01. The van der Waals surface area contributed by atoms with Crippen molar-refractivity contribution in [2.45, 2.75) is 26.2 Å². The molecule has 0 spiro atoms. The minimum Gasteiger partial charge on any atom is -0.369 e. The molecular weight excluding hydrogens is 222 g/mol. The molecule has 4 rings (SSSR count). The Morgan fingerprint density at radius 2 is 1.89 bits per heavy atom. The largest absolute Gasteiger partial charge is 0.369 e. The van der Waals surface area contributed by atoms with Crippen molar-refractivity contribution in [3.63, 3.8) is 0 Å². The van der Waals surface area contributed by atoms with Crippen LogP contribution in [0.2, 0.25) is 0 Å². The third-order valence-electron chi connectivity index (χ3n) is 4.15. The highest BCUT2D eigenvalue weighted by Crippen LogP contribution is 2.32. The first-order valence-electron chi connectivity index (χ1n) is 6.87. The fourth-order valence-corrected chi connectivity index (χ4v) is 2.92. The van der Waals surface area contributed by atoms with E-state index in [1.165, 1.54) is 5.56 Å². The summed E-state index contributed by atoms with van der Waals surface area (Å²) in [4.78, 5) is 14.5. The molecule has 2 bridgehead atoms. The van der Waals surface area contributed by atoms with Crippen LogP contribution in [0.1, 0.15) is 30.9 Å². The van der Waals surface area contributed by atoms with Gasteiger partial charge in [0, 0.05) is 19.0 Å². The summed E-state index contributed by atoms with van der Waals surface area (Å²) in [7, 11) is 0. The lowest BCUT2D eigenvalue weighted by Gasteiger charge is -2.41. The summed E-state index contributed by atoms with van der Waals surface area (Å²) in [5.41, 5.74) is 3.42. The van der Waals surface area contributed by atoms with Gasteiger partial charge in [-0.05, 0) is 36.5 Å². The minimum atomic E-state index is 0.288. The second kappa shape index (κ2) is 4.60. The molecule has 3 fully saturated rings. The van der Waals surface area contributed by atoms with Crippen molar-refractivity contribution in [3.8, 4) is 0 Å². The monoisotopic (exact) mass is 241 g/mol. The van der Waals surface area contributed by atoms with Crippen molar-refractivity contribution in [1.29, 1.82) is 0 Å². The zero-order chi connectivity index (χ0) is 12.5. The molecule has 0 atom stereocenters. The number of allylic oxidation sites excluding steroid dienone is 1. The topological polar surface area (TPSA) is 20.3 Å². The highest BCUT2D eigenvalue weighted by atomic mass is 16.1. The molecule has 1 aromatic rings. The smallest absolute Gasteiger partial charge is 0.182 e. The lowest BCUT2D eigenvalue weighted by molar-refractivity contribution is -0.125. The van der Waals surface area contributed by atoms with Crippen molar-refractivity contribution >= 4 is 11.9 Å². The molecule has 0 unspecified atom stereocenters. The van der Waals surface area contributed by atoms with Crippen molar-refractivity contribution in [1.82, 2.24) is 4.90 Å². The number of Topliss-reactive ketones (excluding diaryl/α,β-unsaturated/α-hetero) is 1. The first kappa shape index (κ1) is 11.5. The van der Waals surface area contributed by atoms with Crippen LogP contribution in [0, 0.1) is 5.92 Å². The van der Waals surface area contributed by atoms with Gasteiger partial charge < -0.3 is 4.90 Å². The maximum Gasteiger partial charge on any atom is 0.182 e. The van der Waals surface area contributed by atoms with E-state index >= 15 is 0 Å². The van der Waals surface area contributed by atoms with E-state index in [1.54, 1.807) is 0 Å². The molecule has 3 aliphatic rings. The molecule has 18 heavy (non-hydrogen) atoms. The van der Waals surface area contributed by atoms with Gasteiger partial charge in [0.25, 0.3) is 0 Å². The van der Waals surface area contributed by atoms with Gasteiger partial charge in [0.05, 0.1) is 5.70 Å². The first-order chi connectivity index (χ1) is 8.78. The average molecular weight is 241 g/mol. The van der Waals surface area contributed by atoms with Gasteiger partial charge in [-0.1, -0.05) is 31.2 Å². The summed E-state index contributed by atoms with van der Waals surface area (Å²) >= 11 is 0. The summed E-state index contributed by atoms with van der Waals surface area (Å²) in [5, 5.41) is 0. The average Bonchev–Trinajstić information content (AvgIpc) is 2.44. The van der Waals surface area contributed by atoms with Gasteiger partial charge in [-0.25, -0.2) is 0 Å². The van der Waals surface area contributed by atoms with Gasteiger partial charge in [0.15, 0.2) is 5.78 Å². The van der Waals surface area contributed by atoms with Gasteiger partial charge in [-0.3, -0.25) is 4.79 Å². The molecular formula is C16H19NO. The predicted molar refractivity (Wildman–Crippen MR) is 73.1 cm³/mol. The molecule has 2 heteroatoms. The van der Waals surface area contributed by atoms with E-state index < -0.39 is 0 Å². The third kappa shape index (κ3) is 1.96. The van der Waals surface area contributed by atoms with E-state index in [-0.39, 0.29) is 5.92 Å². The van der Waals surface area contributed by atoms with Gasteiger partial charge in [-0.15, -0.1) is 0 Å². The van der Waals surface area contributed by atoms with E-state index in [2.05, 4.69) is 42.2 Å². The Morgan fingerprint density at radius 3 is 2.44 bits per heavy atom. The standard InChI is InChI=1S/C16H19NO/c1-2-12-3-5-13(6-4-12)11-15-16(18)14-7-9-17(15)10-8-14/h3-6,11,14H,2,7-10H2,1H3/b15-11-. The Labute approximate surface area is 108 Å². The molecule has 0 radical (unpaired) electrons. The molecule has 0 saturated carbocycles. The van der Waals surface area contributed by atoms with Crippen LogP contribution in [0.25, 0.3) is 6.08 Å². The van der Waals surface area contributed by atoms with Crippen LogP contribution in [0.3, 0.4) is 0 Å². The lowest BCUT2D eigenvalue weighted by Crippen LogP contribution is -2.45. The number of rotatable bonds is 2. The highest BCUT2D eigenvalue weighted by Gasteiger charge is 2.36. The molecule has 94 valence electrons. The van der Waals surface area contributed by atoms with E-state index in [0.717, 1.165) is 43.6 Å².